The van der Waals surface area contributed by atoms with Crippen molar-refractivity contribution in [2.75, 3.05) is 25.2 Å². The fourth-order valence-electron chi connectivity index (χ4n) is 3.80. The van der Waals surface area contributed by atoms with E-state index >= 15 is 0 Å². The molecule has 4 amide bonds. The van der Waals surface area contributed by atoms with Crippen molar-refractivity contribution in [1.82, 2.24) is 30.6 Å². The average molecular weight is 476 g/mol. The summed E-state index contributed by atoms with van der Waals surface area (Å²) in [6.45, 7) is 1.98. The Morgan fingerprint density at radius 2 is 1.94 bits per heavy atom. The predicted octanol–water partition coefficient (Wildman–Crippen LogP) is 1.46. The first-order valence-electron chi connectivity index (χ1n) is 10.2. The highest BCUT2D eigenvalue weighted by Gasteiger charge is 2.51. The molecule has 4 rings (SSSR count). The molecule has 2 aliphatic heterocycles. The second-order valence-electron chi connectivity index (χ2n) is 7.57. The first kappa shape index (κ1) is 22.6. The Balaban J connectivity index is 1.51. The van der Waals surface area contributed by atoms with Crippen molar-refractivity contribution in [3.63, 3.8) is 0 Å². The molecule has 1 aromatic heterocycles. The molecule has 1 aromatic carbocycles. The van der Waals surface area contributed by atoms with E-state index in [1.165, 1.54) is 30.1 Å². The summed E-state index contributed by atoms with van der Waals surface area (Å²) in [5, 5.41) is 18.5. The highest BCUT2D eigenvalue weighted by atomic mass is 32.2. The molecule has 12 heteroatoms. The lowest BCUT2D eigenvalue weighted by Gasteiger charge is -2.50. The van der Waals surface area contributed by atoms with Gasteiger partial charge in [-0.2, -0.15) is 0 Å². The molecule has 4 atom stereocenters. The first-order chi connectivity index (χ1) is 15.4. The monoisotopic (exact) mass is 475 g/mol. The topological polar surface area (TPSA) is 120 Å². The number of rotatable bonds is 6. The Hall–Kier alpha value is -2.54. The van der Waals surface area contributed by atoms with Gasteiger partial charge in [0.15, 0.2) is 0 Å². The van der Waals surface area contributed by atoms with Gasteiger partial charge in [0, 0.05) is 14.1 Å². The SMILES string of the molecule is CCc1nnc(NC(=O)CSC2NC(c3ccccc3)NC3C2C(=O)N(C)C(=O)N3C)s1. The van der Waals surface area contributed by atoms with Gasteiger partial charge in [-0.3, -0.25) is 30.4 Å². The number of aryl methyl sites for hydroxylation is 1. The number of imide groups is 1. The van der Waals surface area contributed by atoms with E-state index in [0.29, 0.717) is 5.13 Å². The normalized spacial score (nSPS) is 25.6. The Bertz CT molecular complexity index is 1000. The van der Waals surface area contributed by atoms with Crippen LogP contribution in [0.3, 0.4) is 0 Å². The maximum Gasteiger partial charge on any atom is 0.327 e. The zero-order chi connectivity index (χ0) is 22.8. The summed E-state index contributed by atoms with van der Waals surface area (Å²) in [6.07, 6.45) is -0.0131. The van der Waals surface area contributed by atoms with Gasteiger partial charge < -0.3 is 4.90 Å². The number of carbonyl (C=O) groups is 3. The summed E-state index contributed by atoms with van der Waals surface area (Å²) < 4.78 is 0. The Kier molecular flexibility index (Phi) is 6.74. The van der Waals surface area contributed by atoms with Gasteiger partial charge in [0.25, 0.3) is 0 Å². The van der Waals surface area contributed by atoms with Gasteiger partial charge in [-0.25, -0.2) is 4.79 Å². The minimum absolute atomic E-state index is 0.123. The molecule has 3 heterocycles. The number of hydrogen-bond donors (Lipinski definition) is 3. The Morgan fingerprint density at radius 1 is 1.19 bits per heavy atom. The van der Waals surface area contributed by atoms with Crippen LogP contribution in [0.1, 0.15) is 23.7 Å². The van der Waals surface area contributed by atoms with Crippen LogP contribution in [0.5, 0.6) is 0 Å². The van der Waals surface area contributed by atoms with Gasteiger partial charge in [-0.05, 0) is 12.0 Å². The number of urea groups is 1. The van der Waals surface area contributed by atoms with E-state index in [4.69, 9.17) is 0 Å². The lowest BCUT2D eigenvalue weighted by molar-refractivity contribution is -0.140. The van der Waals surface area contributed by atoms with E-state index in [2.05, 4.69) is 26.1 Å². The zero-order valence-electron chi connectivity index (χ0n) is 17.9. The molecule has 0 aliphatic carbocycles. The number of fused-ring (bicyclic) bond motifs is 1. The predicted molar refractivity (Wildman–Crippen MR) is 123 cm³/mol. The van der Waals surface area contributed by atoms with Crippen LogP contribution in [0.15, 0.2) is 30.3 Å². The maximum atomic E-state index is 13.0. The Morgan fingerprint density at radius 3 is 2.62 bits per heavy atom. The van der Waals surface area contributed by atoms with E-state index < -0.39 is 12.1 Å². The molecule has 170 valence electrons. The number of carbonyl (C=O) groups excluding carboxylic acids is 3. The summed E-state index contributed by atoms with van der Waals surface area (Å²) in [5.41, 5.74) is 0.981. The molecule has 0 radical (unpaired) electrons. The van der Waals surface area contributed by atoms with Crippen LogP contribution < -0.4 is 16.0 Å². The number of aromatic nitrogens is 2. The van der Waals surface area contributed by atoms with E-state index in [-0.39, 0.29) is 35.1 Å². The molecule has 0 spiro atoms. The summed E-state index contributed by atoms with van der Waals surface area (Å²) in [7, 11) is 3.16. The van der Waals surface area contributed by atoms with Gasteiger partial charge in [-0.1, -0.05) is 48.6 Å². The van der Waals surface area contributed by atoms with Crippen LogP contribution in [0.4, 0.5) is 9.93 Å². The molecule has 3 N–H and O–H groups in total. The molecule has 10 nitrogen and oxygen atoms in total. The van der Waals surface area contributed by atoms with Crippen molar-refractivity contribution in [2.24, 2.45) is 5.92 Å². The molecule has 4 unspecified atom stereocenters. The van der Waals surface area contributed by atoms with Crippen LogP contribution >= 0.6 is 23.1 Å². The number of hydrogen-bond acceptors (Lipinski definition) is 9. The lowest BCUT2D eigenvalue weighted by atomic mass is 9.96. The van der Waals surface area contributed by atoms with E-state index in [0.717, 1.165) is 21.9 Å². The maximum absolute atomic E-state index is 13.0. The van der Waals surface area contributed by atoms with Crippen molar-refractivity contribution >= 4 is 46.1 Å². The van der Waals surface area contributed by atoms with Crippen LogP contribution in [-0.4, -0.2) is 69.2 Å². The average Bonchev–Trinajstić information content (AvgIpc) is 3.27. The second kappa shape index (κ2) is 9.53. The van der Waals surface area contributed by atoms with E-state index in [1.54, 1.807) is 11.9 Å². The quantitative estimate of drug-likeness (QED) is 0.574. The lowest BCUT2D eigenvalue weighted by Crippen LogP contribution is -2.72. The fraction of sp³-hybridized carbons (Fsp3) is 0.450. The van der Waals surface area contributed by atoms with E-state index in [1.807, 2.05) is 37.3 Å². The highest BCUT2D eigenvalue weighted by Crippen LogP contribution is 2.34. The number of benzene rings is 1. The molecule has 0 bridgehead atoms. The van der Waals surface area contributed by atoms with Crippen LogP contribution in [0.25, 0.3) is 0 Å². The van der Waals surface area contributed by atoms with Gasteiger partial charge >= 0.3 is 6.03 Å². The molecule has 2 fully saturated rings. The van der Waals surface area contributed by atoms with Crippen molar-refractivity contribution in [3.8, 4) is 0 Å². The van der Waals surface area contributed by atoms with Gasteiger partial charge in [0.2, 0.25) is 16.9 Å². The molecule has 32 heavy (non-hydrogen) atoms. The summed E-state index contributed by atoms with van der Waals surface area (Å²) >= 11 is 2.68. The number of nitrogens with one attached hydrogen (secondary N) is 3. The number of nitrogens with zero attached hydrogens (tertiary/aromatic N) is 4. The number of amides is 4. The first-order valence-corrected chi connectivity index (χ1v) is 12.1. The van der Waals surface area contributed by atoms with Gasteiger partial charge in [-0.15, -0.1) is 22.0 Å². The molecule has 2 saturated heterocycles. The molecule has 2 aliphatic rings. The third-order valence-electron chi connectivity index (χ3n) is 5.50. The fourth-order valence-corrected chi connectivity index (χ4v) is 5.61. The number of anilines is 1. The van der Waals surface area contributed by atoms with Gasteiger partial charge in [0.05, 0.1) is 29.4 Å². The highest BCUT2D eigenvalue weighted by molar-refractivity contribution is 8.00. The summed E-state index contributed by atoms with van der Waals surface area (Å²) in [5.74, 6) is -0.922. The largest absolute Gasteiger partial charge is 0.327 e. The minimum atomic E-state index is -0.548. The van der Waals surface area contributed by atoms with Crippen molar-refractivity contribution < 1.29 is 14.4 Å². The molecule has 0 saturated carbocycles. The Labute approximate surface area is 194 Å². The molecular formula is C20H25N7O3S2. The molecule has 2 aromatic rings. The zero-order valence-corrected chi connectivity index (χ0v) is 19.6. The summed E-state index contributed by atoms with van der Waals surface area (Å²) in [4.78, 5) is 40.7. The smallest absolute Gasteiger partial charge is 0.311 e. The summed E-state index contributed by atoms with van der Waals surface area (Å²) in [6, 6.07) is 9.38. The van der Waals surface area contributed by atoms with Gasteiger partial charge in [0.1, 0.15) is 5.01 Å². The van der Waals surface area contributed by atoms with Crippen molar-refractivity contribution in [2.45, 2.75) is 31.0 Å². The van der Waals surface area contributed by atoms with Crippen LogP contribution in [0, 0.1) is 5.92 Å². The van der Waals surface area contributed by atoms with E-state index in [9.17, 15) is 14.4 Å². The van der Waals surface area contributed by atoms with Crippen molar-refractivity contribution in [3.05, 3.63) is 40.9 Å². The third-order valence-corrected chi connectivity index (χ3v) is 7.70. The standard InChI is InChI=1S/C20H25N7O3S2/c1-4-13-24-25-19(32-13)21-12(28)10-31-17-14-16(26(2)20(30)27(3)18(14)29)22-15(23-17)11-8-6-5-7-9-11/h5-9,14-17,22-23H,4,10H2,1-3H3,(H,21,25,28). The molecular weight excluding hydrogens is 450 g/mol. The second-order valence-corrected chi connectivity index (χ2v) is 9.76. The van der Waals surface area contributed by atoms with Crippen molar-refractivity contribution in [1.29, 1.82) is 0 Å². The third kappa shape index (κ3) is 4.49. The number of thioether (sulfide) groups is 1. The minimum Gasteiger partial charge on any atom is -0.311 e. The van der Waals surface area contributed by atoms with Crippen LogP contribution in [0.2, 0.25) is 0 Å². The van der Waals surface area contributed by atoms with Crippen LogP contribution in [-0.2, 0) is 16.0 Å².